The lowest BCUT2D eigenvalue weighted by Crippen LogP contribution is -2.39. The monoisotopic (exact) mass is 410 g/mol. The van der Waals surface area contributed by atoms with E-state index in [1.165, 1.54) is 0 Å². The summed E-state index contributed by atoms with van der Waals surface area (Å²) in [5.74, 6) is 0.184. The fourth-order valence-corrected chi connectivity index (χ4v) is 4.34. The first-order valence-electron chi connectivity index (χ1n) is 10.2. The van der Waals surface area contributed by atoms with Gasteiger partial charge in [-0.1, -0.05) is 17.7 Å². The number of hydrogen-bond acceptors (Lipinski definition) is 2. The van der Waals surface area contributed by atoms with Gasteiger partial charge in [0.1, 0.15) is 0 Å². The molecule has 1 saturated heterocycles. The van der Waals surface area contributed by atoms with Crippen molar-refractivity contribution in [2.45, 2.75) is 46.1 Å². The quantitative estimate of drug-likeness (QED) is 0.627. The average molecular weight is 411 g/mol. The highest BCUT2D eigenvalue weighted by Crippen LogP contribution is 2.25. The van der Waals surface area contributed by atoms with Gasteiger partial charge >= 0.3 is 0 Å². The van der Waals surface area contributed by atoms with E-state index in [0.717, 1.165) is 59.2 Å². The van der Waals surface area contributed by atoms with Gasteiger partial charge in [0.25, 0.3) is 0 Å². The number of carbonyl (C=O) groups excluding carboxylic acids is 1. The smallest absolute Gasteiger partial charge is 0.227 e. The van der Waals surface area contributed by atoms with Crippen LogP contribution in [0.25, 0.3) is 5.69 Å². The Morgan fingerprint density at radius 3 is 2.48 bits per heavy atom. The number of hydrogen-bond donors (Lipinski definition) is 0. The molecule has 2 aromatic heterocycles. The number of benzene rings is 1. The van der Waals surface area contributed by atoms with Crippen molar-refractivity contribution in [2.24, 2.45) is 0 Å². The molecule has 0 atom stereocenters. The van der Waals surface area contributed by atoms with Gasteiger partial charge in [-0.05, 0) is 63.4 Å². The van der Waals surface area contributed by atoms with Gasteiger partial charge in [0.15, 0.2) is 0 Å². The molecule has 3 aromatic rings. The molecule has 1 aliphatic rings. The van der Waals surface area contributed by atoms with Crippen molar-refractivity contribution >= 4 is 17.5 Å². The van der Waals surface area contributed by atoms with Crippen LogP contribution in [0.4, 0.5) is 0 Å². The van der Waals surface area contributed by atoms with Crippen LogP contribution in [-0.2, 0) is 11.2 Å². The molecule has 0 N–H and O–H groups in total. The standard InChI is InChI=1S/C23H27ClN4O/c1-16-6-7-20(14-22(16)24)28-18(3)21(17(2)25-28)15-23(29)27-12-8-19(9-13-27)26-10-4-5-11-26/h4-7,10-11,14,19H,8-9,12-13,15H2,1-3H3. The van der Waals surface area contributed by atoms with E-state index in [0.29, 0.717) is 12.5 Å². The molecule has 5 nitrogen and oxygen atoms in total. The maximum atomic E-state index is 13.0. The predicted molar refractivity (Wildman–Crippen MR) is 116 cm³/mol. The van der Waals surface area contributed by atoms with Gasteiger partial charge in [0, 0.05) is 47.8 Å². The molecular formula is C23H27ClN4O. The first-order valence-corrected chi connectivity index (χ1v) is 10.5. The van der Waals surface area contributed by atoms with Gasteiger partial charge in [-0.2, -0.15) is 5.10 Å². The van der Waals surface area contributed by atoms with E-state index >= 15 is 0 Å². The molecule has 0 spiro atoms. The molecule has 152 valence electrons. The molecule has 29 heavy (non-hydrogen) atoms. The van der Waals surface area contributed by atoms with Crippen molar-refractivity contribution in [3.63, 3.8) is 0 Å². The summed E-state index contributed by atoms with van der Waals surface area (Å²) in [6.07, 6.45) is 6.62. The first-order chi connectivity index (χ1) is 13.9. The van der Waals surface area contributed by atoms with Crippen molar-refractivity contribution in [3.05, 3.63) is 70.3 Å². The molecule has 0 aliphatic carbocycles. The highest BCUT2D eigenvalue weighted by molar-refractivity contribution is 6.31. The molecule has 1 aromatic carbocycles. The van der Waals surface area contributed by atoms with Gasteiger partial charge in [-0.25, -0.2) is 4.68 Å². The lowest BCUT2D eigenvalue weighted by molar-refractivity contribution is -0.131. The molecule has 0 bridgehead atoms. The van der Waals surface area contributed by atoms with Crippen LogP contribution in [-0.4, -0.2) is 38.2 Å². The number of aromatic nitrogens is 3. The zero-order valence-electron chi connectivity index (χ0n) is 17.2. The van der Waals surface area contributed by atoms with E-state index in [9.17, 15) is 4.79 Å². The topological polar surface area (TPSA) is 43.1 Å². The summed E-state index contributed by atoms with van der Waals surface area (Å²) in [6, 6.07) is 10.5. The molecule has 1 fully saturated rings. The number of halogens is 1. The molecule has 4 rings (SSSR count). The van der Waals surface area contributed by atoms with Crippen LogP contribution >= 0.6 is 11.6 Å². The third-order valence-electron chi connectivity index (χ3n) is 6.04. The van der Waals surface area contributed by atoms with Gasteiger partial charge in [0.2, 0.25) is 5.91 Å². The van der Waals surface area contributed by atoms with E-state index in [4.69, 9.17) is 11.6 Å². The zero-order valence-corrected chi connectivity index (χ0v) is 18.0. The number of carbonyl (C=O) groups is 1. The van der Waals surface area contributed by atoms with Crippen LogP contribution in [0.15, 0.2) is 42.7 Å². The molecule has 1 amide bonds. The molecule has 0 unspecified atom stereocenters. The second-order valence-corrected chi connectivity index (χ2v) is 8.32. The van der Waals surface area contributed by atoms with Gasteiger partial charge in [-0.3, -0.25) is 4.79 Å². The average Bonchev–Trinajstić information content (AvgIpc) is 3.35. The van der Waals surface area contributed by atoms with Crippen LogP contribution in [0.5, 0.6) is 0 Å². The summed E-state index contributed by atoms with van der Waals surface area (Å²) in [5.41, 5.74) is 4.87. The fraction of sp³-hybridized carbons (Fsp3) is 0.391. The van der Waals surface area contributed by atoms with E-state index in [-0.39, 0.29) is 5.91 Å². The number of likely N-dealkylation sites (tertiary alicyclic amines) is 1. The van der Waals surface area contributed by atoms with E-state index in [1.54, 1.807) is 0 Å². The summed E-state index contributed by atoms with van der Waals surface area (Å²) in [4.78, 5) is 15.0. The molecule has 1 aliphatic heterocycles. The van der Waals surface area contributed by atoms with E-state index in [1.807, 2.05) is 48.6 Å². The number of amides is 1. The summed E-state index contributed by atoms with van der Waals surface area (Å²) in [5, 5.41) is 5.40. The SMILES string of the molecule is Cc1ccc(-n2nc(C)c(CC(=O)N3CCC(n4cccc4)CC3)c2C)cc1Cl. The number of rotatable bonds is 4. The van der Waals surface area contributed by atoms with Gasteiger partial charge in [0.05, 0.1) is 17.8 Å². The molecular weight excluding hydrogens is 384 g/mol. The van der Waals surface area contributed by atoms with Crippen molar-refractivity contribution in [2.75, 3.05) is 13.1 Å². The van der Waals surface area contributed by atoms with Crippen LogP contribution < -0.4 is 0 Å². The predicted octanol–water partition coefficient (Wildman–Crippen LogP) is 4.66. The Balaban J connectivity index is 1.46. The van der Waals surface area contributed by atoms with Gasteiger partial charge in [-0.15, -0.1) is 0 Å². The number of piperidine rings is 1. The highest BCUT2D eigenvalue weighted by atomic mass is 35.5. The Bertz CT molecular complexity index is 1010. The minimum absolute atomic E-state index is 0.184. The largest absolute Gasteiger partial charge is 0.351 e. The van der Waals surface area contributed by atoms with Crippen molar-refractivity contribution in [1.82, 2.24) is 19.2 Å². The molecule has 3 heterocycles. The molecule has 6 heteroatoms. The maximum Gasteiger partial charge on any atom is 0.227 e. The lowest BCUT2D eigenvalue weighted by Gasteiger charge is -2.33. The molecule has 0 saturated carbocycles. The van der Waals surface area contributed by atoms with Crippen LogP contribution in [0.1, 0.15) is 41.4 Å². The summed E-state index contributed by atoms with van der Waals surface area (Å²) >= 11 is 6.29. The summed E-state index contributed by atoms with van der Waals surface area (Å²) in [7, 11) is 0. The minimum Gasteiger partial charge on any atom is -0.351 e. The normalized spacial score (nSPS) is 15.1. The second kappa shape index (κ2) is 8.07. The van der Waals surface area contributed by atoms with E-state index < -0.39 is 0 Å². The van der Waals surface area contributed by atoms with Gasteiger partial charge < -0.3 is 9.47 Å². The second-order valence-electron chi connectivity index (χ2n) is 7.91. The highest BCUT2D eigenvalue weighted by Gasteiger charge is 2.25. The van der Waals surface area contributed by atoms with Crippen LogP contribution in [0, 0.1) is 20.8 Å². The Hall–Kier alpha value is -2.53. The Morgan fingerprint density at radius 1 is 1.14 bits per heavy atom. The summed E-state index contributed by atoms with van der Waals surface area (Å²) in [6.45, 7) is 7.59. The van der Waals surface area contributed by atoms with Crippen molar-refractivity contribution in [3.8, 4) is 5.69 Å². The fourth-order valence-electron chi connectivity index (χ4n) is 4.16. The minimum atomic E-state index is 0.184. The summed E-state index contributed by atoms with van der Waals surface area (Å²) < 4.78 is 4.15. The van der Waals surface area contributed by atoms with Crippen LogP contribution in [0.3, 0.4) is 0 Å². The number of aryl methyl sites for hydroxylation is 2. The third-order valence-corrected chi connectivity index (χ3v) is 6.44. The Labute approximate surface area is 176 Å². The number of nitrogens with zero attached hydrogens (tertiary/aromatic N) is 4. The third kappa shape index (κ3) is 3.97. The maximum absolute atomic E-state index is 13.0. The first kappa shape index (κ1) is 19.8. The van der Waals surface area contributed by atoms with E-state index in [2.05, 4.69) is 34.2 Å². The zero-order chi connectivity index (χ0) is 20.5. The lowest BCUT2D eigenvalue weighted by atomic mass is 10.0. The van der Waals surface area contributed by atoms with Crippen molar-refractivity contribution < 1.29 is 4.79 Å². The van der Waals surface area contributed by atoms with Crippen LogP contribution in [0.2, 0.25) is 5.02 Å². The van der Waals surface area contributed by atoms with Crippen molar-refractivity contribution in [1.29, 1.82) is 0 Å². The Morgan fingerprint density at radius 2 is 1.83 bits per heavy atom. The molecule has 0 radical (unpaired) electrons. The Kier molecular flexibility index (Phi) is 5.50.